The Labute approximate surface area is 80.6 Å². The first-order chi connectivity index (χ1) is 6.64. The van der Waals surface area contributed by atoms with Crippen molar-refractivity contribution in [2.45, 2.75) is 13.2 Å². The molecule has 0 fully saturated rings. The Balaban J connectivity index is 3.27. The van der Waals surface area contributed by atoms with Crippen LogP contribution in [0.3, 0.4) is 0 Å². The van der Waals surface area contributed by atoms with Crippen molar-refractivity contribution in [2.75, 3.05) is 0 Å². The molecule has 1 heterocycles. The van der Waals surface area contributed by atoms with Gasteiger partial charge >= 0.3 is 0 Å². The number of aromatic nitrogens is 1. The minimum absolute atomic E-state index is 0.0486. The van der Waals surface area contributed by atoms with Gasteiger partial charge in [-0.15, -0.1) is 0 Å². The Morgan fingerprint density at radius 2 is 2.70 bits per heavy atom. The molecule has 10 heavy (non-hydrogen) atoms. The monoisotopic (exact) mass is 224 g/mol. The maximum atomic E-state index is 7.47. The lowest BCUT2D eigenvalue weighted by atomic mass is 10.3. The van der Waals surface area contributed by atoms with E-state index in [1.54, 1.807) is 0 Å². The third-order valence-electron chi connectivity index (χ3n) is 0.887. The second-order valence-corrected chi connectivity index (χ2v) is 2.92. The van der Waals surface area contributed by atoms with Crippen molar-refractivity contribution in [1.82, 2.24) is 4.98 Å². The fraction of sp³-hybridized carbons (Fsp3) is 0.286. The van der Waals surface area contributed by atoms with Crippen molar-refractivity contribution in [1.29, 1.82) is 0 Å². The number of aryl methyl sites for hydroxylation is 1. The van der Waals surface area contributed by atoms with E-state index in [-0.39, 0.29) is 10.8 Å². The van der Waals surface area contributed by atoms with Crippen LogP contribution in [0, 0.1) is 0 Å². The maximum Gasteiger partial charge on any atom is 0.130 e. The molecule has 0 atom stereocenters. The number of hydrogen-bond acceptors (Lipinski definition) is 1. The van der Waals surface area contributed by atoms with Crippen LogP contribution < -0.4 is 0 Å². The zero-order valence-corrected chi connectivity index (χ0v) is 7.20. The van der Waals surface area contributed by atoms with Crippen LogP contribution in [0.5, 0.6) is 0 Å². The molecule has 0 N–H and O–H groups in total. The van der Waals surface area contributed by atoms with Gasteiger partial charge in [0.15, 0.2) is 0 Å². The number of halogens is 2. The standard InChI is InChI=1S/C7H7BrClN/c1-2-6-3-5(8)4-7(9)10-6/h3-4H,2H2,1H3/i1D3,2D2. The summed E-state index contributed by atoms with van der Waals surface area (Å²) in [6, 6.07) is 2.76. The van der Waals surface area contributed by atoms with Crippen LogP contribution in [0.15, 0.2) is 16.6 Å². The zero-order chi connectivity index (χ0) is 11.9. The summed E-state index contributed by atoms with van der Waals surface area (Å²) in [5.41, 5.74) is -0.207. The SMILES string of the molecule is [2H]C([2H])([2H])C([2H])([2H])c1cc(Br)cc(Cl)n1. The van der Waals surface area contributed by atoms with Gasteiger partial charge in [0.1, 0.15) is 5.15 Å². The summed E-state index contributed by atoms with van der Waals surface area (Å²) in [5, 5.41) is 0.0486. The molecule has 54 valence electrons. The second-order valence-electron chi connectivity index (χ2n) is 1.62. The van der Waals surface area contributed by atoms with Crippen molar-refractivity contribution < 1.29 is 6.85 Å². The van der Waals surface area contributed by atoms with Crippen LogP contribution in [0.25, 0.3) is 0 Å². The largest absolute Gasteiger partial charge is 0.241 e. The average molecular weight is 226 g/mol. The van der Waals surface area contributed by atoms with E-state index in [0.717, 1.165) is 0 Å². The van der Waals surface area contributed by atoms with Gasteiger partial charge in [0.2, 0.25) is 0 Å². The van der Waals surface area contributed by atoms with Crippen LogP contribution in [-0.4, -0.2) is 4.98 Å². The summed E-state index contributed by atoms with van der Waals surface area (Å²) in [5.74, 6) is 0. The molecule has 0 unspecified atom stereocenters. The van der Waals surface area contributed by atoms with E-state index in [4.69, 9.17) is 18.5 Å². The number of pyridine rings is 1. The molecule has 1 rings (SSSR count). The molecule has 1 nitrogen and oxygen atoms in total. The van der Waals surface area contributed by atoms with Crippen molar-refractivity contribution in [2.24, 2.45) is 0 Å². The smallest absolute Gasteiger partial charge is 0.130 e. The first-order valence-electron chi connectivity index (χ1n) is 4.98. The van der Waals surface area contributed by atoms with Crippen LogP contribution in [-0.2, 0) is 6.37 Å². The van der Waals surface area contributed by atoms with Gasteiger partial charge in [0.25, 0.3) is 0 Å². The van der Waals surface area contributed by atoms with E-state index >= 15 is 0 Å². The van der Waals surface area contributed by atoms with Crippen molar-refractivity contribution in [3.05, 3.63) is 27.5 Å². The molecule has 0 saturated heterocycles. The summed E-state index contributed by atoms with van der Waals surface area (Å²) >= 11 is 8.71. The normalized spacial score (nSPS) is 20.0. The lowest BCUT2D eigenvalue weighted by Gasteiger charge is -1.96. The predicted octanol–water partition coefficient (Wildman–Crippen LogP) is 3.06. The number of nitrogens with zero attached hydrogens (tertiary/aromatic N) is 1. The minimum Gasteiger partial charge on any atom is -0.241 e. The van der Waals surface area contributed by atoms with Gasteiger partial charge in [0, 0.05) is 17.0 Å². The summed E-state index contributed by atoms with van der Waals surface area (Å²) in [6.45, 7) is -2.77. The maximum absolute atomic E-state index is 7.47. The molecular formula is C7H7BrClN. The fourth-order valence-electron chi connectivity index (χ4n) is 0.530. The quantitative estimate of drug-likeness (QED) is 0.670. The summed E-state index contributed by atoms with van der Waals surface area (Å²) < 4.78 is 36.7. The zero-order valence-electron chi connectivity index (χ0n) is 9.86. The fourth-order valence-corrected chi connectivity index (χ4v) is 1.30. The van der Waals surface area contributed by atoms with E-state index < -0.39 is 13.2 Å². The summed E-state index contributed by atoms with van der Waals surface area (Å²) in [7, 11) is 0. The van der Waals surface area contributed by atoms with Gasteiger partial charge in [-0.25, -0.2) is 4.98 Å². The number of rotatable bonds is 1. The highest BCUT2D eigenvalue weighted by atomic mass is 79.9. The topological polar surface area (TPSA) is 12.9 Å². The molecule has 0 aliphatic rings. The molecule has 0 saturated carbocycles. The van der Waals surface area contributed by atoms with Gasteiger partial charge in [0.05, 0.1) is 0 Å². The lowest BCUT2D eigenvalue weighted by molar-refractivity contribution is 1.03. The van der Waals surface area contributed by atoms with Crippen molar-refractivity contribution in [3.63, 3.8) is 0 Å². The molecule has 0 aliphatic heterocycles. The third-order valence-corrected chi connectivity index (χ3v) is 1.54. The average Bonchev–Trinajstić information content (AvgIpc) is 1.99. The molecule has 3 heteroatoms. The Morgan fingerprint density at radius 3 is 3.30 bits per heavy atom. The highest BCUT2D eigenvalue weighted by Crippen LogP contribution is 2.15. The van der Waals surface area contributed by atoms with Gasteiger partial charge in [-0.2, -0.15) is 0 Å². The summed E-state index contributed by atoms with van der Waals surface area (Å²) in [6.07, 6.45) is -2.51. The first kappa shape index (κ1) is 3.55. The summed E-state index contributed by atoms with van der Waals surface area (Å²) in [4.78, 5) is 3.67. The van der Waals surface area contributed by atoms with E-state index in [0.29, 0.717) is 4.47 Å². The molecule has 0 bridgehead atoms. The second kappa shape index (κ2) is 3.35. The highest BCUT2D eigenvalue weighted by molar-refractivity contribution is 9.10. The van der Waals surface area contributed by atoms with Crippen LogP contribution in [0.4, 0.5) is 0 Å². The molecular weight excluding hydrogens is 213 g/mol. The van der Waals surface area contributed by atoms with E-state index in [1.165, 1.54) is 12.1 Å². The molecule has 0 radical (unpaired) electrons. The Kier molecular flexibility index (Phi) is 1.19. The Hall–Kier alpha value is -0.0800. The van der Waals surface area contributed by atoms with Gasteiger partial charge < -0.3 is 0 Å². The van der Waals surface area contributed by atoms with Gasteiger partial charge in [-0.3, -0.25) is 0 Å². The molecule has 0 aliphatic carbocycles. The first-order valence-corrected chi connectivity index (χ1v) is 3.65. The number of hydrogen-bond donors (Lipinski definition) is 0. The van der Waals surface area contributed by atoms with Crippen LogP contribution in [0.2, 0.25) is 5.15 Å². The van der Waals surface area contributed by atoms with Crippen molar-refractivity contribution in [3.8, 4) is 0 Å². The van der Waals surface area contributed by atoms with E-state index in [9.17, 15) is 0 Å². The van der Waals surface area contributed by atoms with E-state index in [2.05, 4.69) is 20.9 Å². The highest BCUT2D eigenvalue weighted by Gasteiger charge is 1.95. The minimum atomic E-state index is -2.77. The van der Waals surface area contributed by atoms with E-state index in [1.807, 2.05) is 0 Å². The third kappa shape index (κ3) is 1.96. The molecule has 0 amide bonds. The molecule has 0 aromatic carbocycles. The van der Waals surface area contributed by atoms with Gasteiger partial charge in [-0.1, -0.05) is 34.4 Å². The van der Waals surface area contributed by atoms with Gasteiger partial charge in [-0.05, 0) is 18.5 Å². The van der Waals surface area contributed by atoms with Crippen LogP contribution >= 0.6 is 27.5 Å². The predicted molar refractivity (Wildman–Crippen MR) is 46.3 cm³/mol. The molecule has 1 aromatic heterocycles. The Bertz CT molecular complexity index is 358. The Morgan fingerprint density at radius 1 is 1.90 bits per heavy atom. The molecule has 1 aromatic rings. The lowest BCUT2D eigenvalue weighted by Crippen LogP contribution is -1.85. The molecule has 0 spiro atoms. The van der Waals surface area contributed by atoms with Crippen molar-refractivity contribution >= 4 is 27.5 Å². The van der Waals surface area contributed by atoms with Crippen LogP contribution in [0.1, 0.15) is 19.4 Å².